The first-order valence-electron chi connectivity index (χ1n) is 15.9. The van der Waals surface area contributed by atoms with E-state index in [1.54, 1.807) is 46.4 Å². The van der Waals surface area contributed by atoms with Crippen molar-refractivity contribution in [3.8, 4) is 11.4 Å². The molecule has 14 nitrogen and oxygen atoms in total. The fourth-order valence-corrected chi connectivity index (χ4v) is 5.88. The van der Waals surface area contributed by atoms with Gasteiger partial charge < -0.3 is 24.0 Å². The summed E-state index contributed by atoms with van der Waals surface area (Å²) in [6, 6.07) is 18.1. The number of ether oxygens (including phenoxy) is 3. The van der Waals surface area contributed by atoms with Crippen molar-refractivity contribution in [2.24, 2.45) is 0 Å². The minimum Gasteiger partial charge on any atom is -0.491 e. The molecule has 2 aliphatic rings. The van der Waals surface area contributed by atoms with Gasteiger partial charge in [-0.15, -0.1) is 0 Å². The van der Waals surface area contributed by atoms with Crippen LogP contribution in [-0.2, 0) is 21.8 Å². The molecular weight excluding hydrogens is 600 g/mol. The van der Waals surface area contributed by atoms with Crippen molar-refractivity contribution in [3.63, 3.8) is 0 Å². The third kappa shape index (κ3) is 6.46. The molecule has 2 fully saturated rings. The molecule has 47 heavy (non-hydrogen) atoms. The van der Waals surface area contributed by atoms with E-state index in [4.69, 9.17) is 14.2 Å². The van der Waals surface area contributed by atoms with Crippen molar-refractivity contribution in [3.05, 3.63) is 102 Å². The standard InChI is InChI=1S/C33H38N10O4/c1-3-25(2)43-32(44)41(24-38-43)28-7-5-26(6-8-28)39-17-19-40(20-18-39)27-9-11-29(12-10-27)45-21-30-22-46-33(47-30,23-42-36-15-16-37-42)31-34-13-4-14-35-31/h4-16,24-25,30H,3,17-23H2,1-2H3/t25?,30-,33-/m1/s1. The zero-order valence-corrected chi connectivity index (χ0v) is 26.5. The van der Waals surface area contributed by atoms with Gasteiger partial charge in [-0.2, -0.15) is 20.1 Å². The summed E-state index contributed by atoms with van der Waals surface area (Å²) in [5, 5.41) is 12.7. The maximum absolute atomic E-state index is 12.8. The number of nitrogens with zero attached hydrogens (tertiary/aromatic N) is 10. The first kappa shape index (κ1) is 30.6. The molecule has 7 rings (SSSR count). The predicted octanol–water partition coefficient (Wildman–Crippen LogP) is 3.06. The third-order valence-corrected chi connectivity index (χ3v) is 8.69. The van der Waals surface area contributed by atoms with Gasteiger partial charge in [0.05, 0.1) is 30.7 Å². The number of aromatic nitrogens is 8. The van der Waals surface area contributed by atoms with Crippen molar-refractivity contribution in [1.29, 1.82) is 0 Å². The van der Waals surface area contributed by atoms with Gasteiger partial charge in [0.2, 0.25) is 0 Å². The van der Waals surface area contributed by atoms with Gasteiger partial charge in [0, 0.05) is 49.9 Å². The molecule has 244 valence electrons. The minimum atomic E-state index is -1.20. The molecule has 0 spiro atoms. The van der Waals surface area contributed by atoms with Gasteiger partial charge >= 0.3 is 5.69 Å². The Morgan fingerprint density at radius 2 is 1.49 bits per heavy atom. The second kappa shape index (κ2) is 13.3. The molecule has 0 bridgehead atoms. The molecule has 2 aromatic carbocycles. The van der Waals surface area contributed by atoms with E-state index in [-0.39, 0.29) is 24.4 Å². The van der Waals surface area contributed by atoms with E-state index < -0.39 is 5.79 Å². The lowest BCUT2D eigenvalue weighted by molar-refractivity contribution is -0.198. The average Bonchev–Trinajstić information content (AvgIpc) is 3.89. The van der Waals surface area contributed by atoms with E-state index in [9.17, 15) is 4.79 Å². The van der Waals surface area contributed by atoms with E-state index >= 15 is 0 Å². The fourth-order valence-electron chi connectivity index (χ4n) is 5.88. The number of piperazine rings is 1. The van der Waals surface area contributed by atoms with Gasteiger partial charge in [-0.25, -0.2) is 24.0 Å². The summed E-state index contributed by atoms with van der Waals surface area (Å²) in [6.45, 7) is 8.48. The Morgan fingerprint density at radius 1 is 0.872 bits per heavy atom. The van der Waals surface area contributed by atoms with Gasteiger partial charge in [-0.1, -0.05) is 6.92 Å². The predicted molar refractivity (Wildman–Crippen MR) is 174 cm³/mol. The van der Waals surface area contributed by atoms with Crippen LogP contribution in [0.2, 0.25) is 0 Å². The Balaban J connectivity index is 0.913. The summed E-state index contributed by atoms with van der Waals surface area (Å²) in [7, 11) is 0. The van der Waals surface area contributed by atoms with Gasteiger partial charge in [-0.05, 0) is 67.9 Å². The van der Waals surface area contributed by atoms with E-state index in [2.05, 4.69) is 59.3 Å². The molecule has 14 heteroatoms. The van der Waals surface area contributed by atoms with Crippen molar-refractivity contribution < 1.29 is 14.2 Å². The van der Waals surface area contributed by atoms with E-state index in [0.29, 0.717) is 19.0 Å². The topological polar surface area (TPSA) is 130 Å². The van der Waals surface area contributed by atoms with Gasteiger partial charge in [0.1, 0.15) is 31.3 Å². The lowest BCUT2D eigenvalue weighted by Gasteiger charge is -2.37. The van der Waals surface area contributed by atoms with Crippen LogP contribution in [0.3, 0.4) is 0 Å². The third-order valence-electron chi connectivity index (χ3n) is 8.69. The van der Waals surface area contributed by atoms with Gasteiger partial charge in [-0.3, -0.25) is 0 Å². The molecular formula is C33H38N10O4. The van der Waals surface area contributed by atoms with E-state index in [0.717, 1.165) is 55.4 Å². The quantitative estimate of drug-likeness (QED) is 0.212. The van der Waals surface area contributed by atoms with E-state index in [1.165, 1.54) is 4.80 Å². The summed E-state index contributed by atoms with van der Waals surface area (Å²) < 4.78 is 21.7. The van der Waals surface area contributed by atoms with E-state index in [1.807, 2.05) is 38.1 Å². The highest BCUT2D eigenvalue weighted by Gasteiger charge is 2.47. The summed E-state index contributed by atoms with van der Waals surface area (Å²) >= 11 is 0. The molecule has 2 aliphatic heterocycles. The maximum Gasteiger partial charge on any atom is 0.350 e. The first-order chi connectivity index (χ1) is 23.0. The van der Waals surface area contributed by atoms with Crippen LogP contribution >= 0.6 is 0 Å². The van der Waals surface area contributed by atoms with Crippen LogP contribution in [0.15, 0.2) is 90.5 Å². The highest BCUT2D eigenvalue weighted by Crippen LogP contribution is 2.34. The summed E-state index contributed by atoms with van der Waals surface area (Å²) in [4.78, 5) is 27.8. The molecule has 5 aromatic rings. The molecule has 3 aromatic heterocycles. The summed E-state index contributed by atoms with van der Waals surface area (Å²) in [6.07, 6.45) is 8.66. The van der Waals surface area contributed by atoms with Crippen LogP contribution in [0.1, 0.15) is 32.1 Å². The van der Waals surface area contributed by atoms with Crippen LogP contribution in [-0.4, -0.2) is 84.8 Å². The highest BCUT2D eigenvalue weighted by molar-refractivity contribution is 5.54. The first-order valence-corrected chi connectivity index (χ1v) is 15.9. The molecule has 3 atom stereocenters. The number of hydrogen-bond donors (Lipinski definition) is 0. The summed E-state index contributed by atoms with van der Waals surface area (Å²) in [5.41, 5.74) is 2.99. The Labute approximate surface area is 272 Å². The number of rotatable bonds is 11. The molecule has 0 aliphatic carbocycles. The number of anilines is 2. The van der Waals surface area contributed by atoms with Crippen LogP contribution in [0.5, 0.6) is 5.75 Å². The minimum absolute atomic E-state index is 0.0683. The lowest BCUT2D eigenvalue weighted by Crippen LogP contribution is -2.46. The summed E-state index contributed by atoms with van der Waals surface area (Å²) in [5.74, 6) is -0.0190. The van der Waals surface area contributed by atoms with Crippen molar-refractivity contribution >= 4 is 11.4 Å². The van der Waals surface area contributed by atoms with Crippen molar-refractivity contribution in [1.82, 2.24) is 39.3 Å². The fraction of sp³-hybridized carbons (Fsp3) is 0.394. The lowest BCUT2D eigenvalue weighted by atomic mass is 10.2. The van der Waals surface area contributed by atoms with Gasteiger partial charge in [0.15, 0.2) is 5.82 Å². The molecule has 0 N–H and O–H groups in total. The van der Waals surface area contributed by atoms with Crippen molar-refractivity contribution in [2.75, 3.05) is 49.2 Å². The number of benzene rings is 2. The monoisotopic (exact) mass is 638 g/mol. The Kier molecular flexibility index (Phi) is 8.68. The van der Waals surface area contributed by atoms with Crippen LogP contribution in [0, 0.1) is 0 Å². The molecule has 0 amide bonds. The van der Waals surface area contributed by atoms with Crippen LogP contribution in [0.25, 0.3) is 5.69 Å². The second-order valence-corrected chi connectivity index (χ2v) is 11.7. The van der Waals surface area contributed by atoms with Crippen LogP contribution in [0.4, 0.5) is 11.4 Å². The van der Waals surface area contributed by atoms with Crippen LogP contribution < -0.4 is 20.2 Å². The second-order valence-electron chi connectivity index (χ2n) is 11.7. The molecule has 0 saturated carbocycles. The molecule has 2 saturated heterocycles. The molecule has 0 radical (unpaired) electrons. The Bertz CT molecular complexity index is 1790. The Morgan fingerprint density at radius 3 is 2.13 bits per heavy atom. The molecule has 5 heterocycles. The normalized spacial score (nSPS) is 20.4. The maximum atomic E-state index is 12.8. The largest absolute Gasteiger partial charge is 0.491 e. The SMILES string of the molecule is CCC(C)n1ncn(-c2ccc(N3CCN(c4ccc(OC[C@@H]5CO[C@@](Cn6nccn6)(c6ncccn6)O5)cc4)CC3)cc2)c1=O. The Hall–Kier alpha value is -5.08. The smallest absolute Gasteiger partial charge is 0.350 e. The zero-order chi connectivity index (χ0) is 32.2. The number of hydrogen-bond acceptors (Lipinski definition) is 11. The average molecular weight is 639 g/mol. The van der Waals surface area contributed by atoms with Crippen molar-refractivity contribution in [2.45, 2.75) is 44.7 Å². The zero-order valence-electron chi connectivity index (χ0n) is 26.5. The molecule has 1 unspecified atom stereocenters. The van der Waals surface area contributed by atoms with Gasteiger partial charge in [0.25, 0.3) is 5.79 Å². The highest BCUT2D eigenvalue weighted by atomic mass is 16.8.